The zero-order valence-electron chi connectivity index (χ0n) is 10.00. The number of nitrogens with zero attached hydrogens (tertiary/aromatic N) is 1. The number of piperazine rings is 1. The minimum absolute atomic E-state index is 0.986. The van der Waals surface area contributed by atoms with Crippen LogP contribution in [0.5, 0.6) is 0 Å². The van der Waals surface area contributed by atoms with Gasteiger partial charge < -0.3 is 10.2 Å². The van der Waals surface area contributed by atoms with Gasteiger partial charge in [-0.2, -0.15) is 0 Å². The molecule has 86 valence electrons. The fourth-order valence-electron chi connectivity index (χ4n) is 2.20. The Morgan fingerprint density at radius 3 is 2.69 bits per heavy atom. The summed E-state index contributed by atoms with van der Waals surface area (Å²) in [6.45, 7) is 10.5. The Morgan fingerprint density at radius 1 is 1.31 bits per heavy atom. The number of hydrogen-bond donors (Lipinski definition) is 1. The predicted octanol–water partition coefficient (Wildman–Crippen LogP) is 2.21. The van der Waals surface area contributed by atoms with Crippen molar-refractivity contribution in [3.63, 3.8) is 0 Å². The first-order valence-electron chi connectivity index (χ1n) is 5.95. The van der Waals surface area contributed by atoms with E-state index in [0.717, 1.165) is 32.6 Å². The summed E-state index contributed by atoms with van der Waals surface area (Å²) in [5.74, 6) is 0. The molecule has 1 fully saturated rings. The van der Waals surface area contributed by atoms with E-state index in [9.17, 15) is 0 Å². The molecule has 0 bridgehead atoms. The molecule has 16 heavy (non-hydrogen) atoms. The lowest BCUT2D eigenvalue weighted by molar-refractivity contribution is 0.588. The largest absolute Gasteiger partial charge is 0.369 e. The molecule has 0 spiro atoms. The number of benzene rings is 1. The predicted molar refractivity (Wildman–Crippen MR) is 70.0 cm³/mol. The highest BCUT2D eigenvalue weighted by Crippen LogP contribution is 2.22. The minimum Gasteiger partial charge on any atom is -0.369 e. The lowest BCUT2D eigenvalue weighted by atomic mass is 10.0. The second-order valence-electron chi connectivity index (χ2n) is 4.50. The Bertz CT molecular complexity index is 365. The topological polar surface area (TPSA) is 15.3 Å². The molecule has 2 rings (SSSR count). The SMILES string of the molecule is C=C(C)Cc1ccccc1N1CCNCC1. The van der Waals surface area contributed by atoms with Crippen LogP contribution < -0.4 is 10.2 Å². The van der Waals surface area contributed by atoms with Crippen LogP contribution in [-0.2, 0) is 6.42 Å². The molecule has 1 aromatic rings. The molecule has 1 aliphatic rings. The van der Waals surface area contributed by atoms with E-state index in [1.165, 1.54) is 16.8 Å². The van der Waals surface area contributed by atoms with Gasteiger partial charge in [-0.15, -0.1) is 0 Å². The van der Waals surface area contributed by atoms with Crippen LogP contribution in [0.25, 0.3) is 0 Å². The van der Waals surface area contributed by atoms with Crippen LogP contribution in [0.1, 0.15) is 12.5 Å². The van der Waals surface area contributed by atoms with Crippen molar-refractivity contribution >= 4 is 5.69 Å². The number of anilines is 1. The van der Waals surface area contributed by atoms with Gasteiger partial charge in [0.05, 0.1) is 0 Å². The van der Waals surface area contributed by atoms with Crippen LogP contribution in [0.15, 0.2) is 36.4 Å². The number of rotatable bonds is 3. The van der Waals surface area contributed by atoms with Crippen molar-refractivity contribution in [3.8, 4) is 0 Å². The monoisotopic (exact) mass is 216 g/mol. The first kappa shape index (κ1) is 11.2. The quantitative estimate of drug-likeness (QED) is 0.779. The Balaban J connectivity index is 2.20. The zero-order valence-corrected chi connectivity index (χ0v) is 10.00. The van der Waals surface area contributed by atoms with E-state index >= 15 is 0 Å². The number of para-hydroxylation sites is 1. The van der Waals surface area contributed by atoms with E-state index in [2.05, 4.69) is 48.0 Å². The van der Waals surface area contributed by atoms with Gasteiger partial charge in [0, 0.05) is 31.9 Å². The van der Waals surface area contributed by atoms with Gasteiger partial charge in [0.25, 0.3) is 0 Å². The van der Waals surface area contributed by atoms with Crippen LogP contribution in [0.2, 0.25) is 0 Å². The van der Waals surface area contributed by atoms with Gasteiger partial charge in [0.15, 0.2) is 0 Å². The van der Waals surface area contributed by atoms with Crippen molar-refractivity contribution < 1.29 is 0 Å². The zero-order chi connectivity index (χ0) is 11.4. The molecule has 0 aliphatic carbocycles. The summed E-state index contributed by atoms with van der Waals surface area (Å²) in [6, 6.07) is 8.68. The van der Waals surface area contributed by atoms with Gasteiger partial charge in [0.1, 0.15) is 0 Å². The van der Waals surface area contributed by atoms with Crippen LogP contribution in [0.3, 0.4) is 0 Å². The normalized spacial score (nSPS) is 16.2. The maximum absolute atomic E-state index is 4.01. The molecule has 0 saturated carbocycles. The summed E-state index contributed by atoms with van der Waals surface area (Å²) < 4.78 is 0. The average Bonchev–Trinajstić information content (AvgIpc) is 2.30. The standard InChI is InChI=1S/C14H20N2/c1-12(2)11-13-5-3-4-6-14(13)16-9-7-15-8-10-16/h3-6,15H,1,7-11H2,2H3. The van der Waals surface area contributed by atoms with Crippen LogP contribution >= 0.6 is 0 Å². The van der Waals surface area contributed by atoms with Crippen molar-refractivity contribution in [1.82, 2.24) is 5.32 Å². The maximum atomic E-state index is 4.01. The number of hydrogen-bond acceptors (Lipinski definition) is 2. The Hall–Kier alpha value is -1.28. The summed E-state index contributed by atoms with van der Waals surface area (Å²) in [4.78, 5) is 2.47. The molecule has 0 atom stereocenters. The Labute approximate surface area is 98.0 Å². The highest BCUT2D eigenvalue weighted by molar-refractivity contribution is 5.55. The molecule has 0 aromatic heterocycles. The molecule has 1 heterocycles. The van der Waals surface area contributed by atoms with Gasteiger partial charge in [-0.3, -0.25) is 0 Å². The van der Waals surface area contributed by atoms with Crippen molar-refractivity contribution in [1.29, 1.82) is 0 Å². The van der Waals surface area contributed by atoms with Crippen molar-refractivity contribution in [2.75, 3.05) is 31.1 Å². The third-order valence-electron chi connectivity index (χ3n) is 2.94. The van der Waals surface area contributed by atoms with E-state index in [-0.39, 0.29) is 0 Å². The van der Waals surface area contributed by atoms with Gasteiger partial charge in [-0.25, -0.2) is 0 Å². The second-order valence-corrected chi connectivity index (χ2v) is 4.50. The van der Waals surface area contributed by atoms with Gasteiger partial charge in [-0.05, 0) is 25.0 Å². The van der Waals surface area contributed by atoms with E-state index in [1.54, 1.807) is 0 Å². The molecular formula is C14H20N2. The molecule has 0 radical (unpaired) electrons. The first-order chi connectivity index (χ1) is 7.77. The van der Waals surface area contributed by atoms with Crippen molar-refractivity contribution in [2.45, 2.75) is 13.3 Å². The van der Waals surface area contributed by atoms with Crippen LogP contribution in [-0.4, -0.2) is 26.2 Å². The Morgan fingerprint density at radius 2 is 2.00 bits per heavy atom. The lowest BCUT2D eigenvalue weighted by Gasteiger charge is -2.31. The third kappa shape index (κ3) is 2.64. The first-order valence-corrected chi connectivity index (χ1v) is 5.95. The van der Waals surface area contributed by atoms with Gasteiger partial charge in [-0.1, -0.05) is 30.4 Å². The lowest BCUT2D eigenvalue weighted by Crippen LogP contribution is -2.43. The van der Waals surface area contributed by atoms with E-state index < -0.39 is 0 Å². The maximum Gasteiger partial charge on any atom is 0.0402 e. The van der Waals surface area contributed by atoms with E-state index in [1.807, 2.05) is 0 Å². The van der Waals surface area contributed by atoms with Gasteiger partial charge >= 0.3 is 0 Å². The van der Waals surface area contributed by atoms with E-state index in [4.69, 9.17) is 0 Å². The van der Waals surface area contributed by atoms with Crippen molar-refractivity contribution in [2.24, 2.45) is 0 Å². The average molecular weight is 216 g/mol. The van der Waals surface area contributed by atoms with Gasteiger partial charge in [0.2, 0.25) is 0 Å². The Kier molecular flexibility index (Phi) is 3.62. The summed E-state index contributed by atoms with van der Waals surface area (Å²) in [5, 5.41) is 3.39. The molecule has 1 saturated heterocycles. The fraction of sp³-hybridized carbons (Fsp3) is 0.429. The molecule has 1 aromatic carbocycles. The summed E-state index contributed by atoms with van der Waals surface area (Å²) >= 11 is 0. The molecule has 0 amide bonds. The molecule has 2 heteroatoms. The molecule has 1 N–H and O–H groups in total. The van der Waals surface area contributed by atoms with E-state index in [0.29, 0.717) is 0 Å². The molecular weight excluding hydrogens is 196 g/mol. The molecule has 2 nitrogen and oxygen atoms in total. The molecule has 0 unspecified atom stereocenters. The third-order valence-corrected chi connectivity index (χ3v) is 2.94. The number of allylic oxidation sites excluding steroid dienone is 1. The summed E-state index contributed by atoms with van der Waals surface area (Å²) in [7, 11) is 0. The smallest absolute Gasteiger partial charge is 0.0402 e. The second kappa shape index (κ2) is 5.17. The fourth-order valence-corrected chi connectivity index (χ4v) is 2.20. The van der Waals surface area contributed by atoms with Crippen molar-refractivity contribution in [3.05, 3.63) is 42.0 Å². The summed E-state index contributed by atoms with van der Waals surface area (Å²) in [6.07, 6.45) is 0.986. The highest BCUT2D eigenvalue weighted by atomic mass is 15.2. The van der Waals surface area contributed by atoms with Crippen LogP contribution in [0, 0.1) is 0 Å². The van der Waals surface area contributed by atoms with Crippen LogP contribution in [0.4, 0.5) is 5.69 Å². The number of nitrogens with one attached hydrogen (secondary N) is 1. The highest BCUT2D eigenvalue weighted by Gasteiger charge is 2.13. The summed E-state index contributed by atoms with van der Waals surface area (Å²) in [5.41, 5.74) is 4.01. The molecule has 1 aliphatic heterocycles. The minimum atomic E-state index is 0.986.